The normalized spacial score (nSPS) is 10.1. The molecule has 0 saturated carbocycles. The summed E-state index contributed by atoms with van der Waals surface area (Å²) in [4.78, 5) is 22.3. The number of carboxylic acid groups (broad SMARTS) is 1. The molecule has 0 radical (unpaired) electrons. The van der Waals surface area contributed by atoms with Gasteiger partial charge in [-0.05, 0) is 18.6 Å². The number of hydrogen-bond acceptors (Lipinski definition) is 3. The standard InChI is InChI=1S/C14H20N2O4/c1-2-3-4-5-8-15-14(20)16-10-6-7-11(13(18)19)12(17)9-10/h6-7,9,17H,2-5,8H2,1H3,(H,18,19)(H2,15,16,20). The summed E-state index contributed by atoms with van der Waals surface area (Å²) >= 11 is 0. The Labute approximate surface area is 117 Å². The molecule has 0 spiro atoms. The van der Waals surface area contributed by atoms with E-state index in [1.54, 1.807) is 0 Å². The van der Waals surface area contributed by atoms with Crippen LogP contribution in [0.3, 0.4) is 0 Å². The minimum atomic E-state index is -1.21. The molecular weight excluding hydrogens is 260 g/mol. The molecule has 0 aromatic heterocycles. The molecule has 6 nitrogen and oxygen atoms in total. The SMILES string of the molecule is CCCCCCNC(=O)Nc1ccc(C(=O)O)c(O)c1. The van der Waals surface area contributed by atoms with Gasteiger partial charge in [-0.3, -0.25) is 0 Å². The van der Waals surface area contributed by atoms with E-state index in [2.05, 4.69) is 17.6 Å². The molecule has 1 aromatic rings. The summed E-state index contributed by atoms with van der Waals surface area (Å²) in [6, 6.07) is 3.51. The number of carbonyl (C=O) groups is 2. The Morgan fingerprint density at radius 3 is 2.55 bits per heavy atom. The first kappa shape index (κ1) is 15.8. The maximum absolute atomic E-state index is 11.6. The zero-order chi connectivity index (χ0) is 15.0. The second-order valence-corrected chi connectivity index (χ2v) is 4.48. The van der Waals surface area contributed by atoms with E-state index in [4.69, 9.17) is 5.11 Å². The number of urea groups is 1. The van der Waals surface area contributed by atoms with Crippen LogP contribution in [0.1, 0.15) is 43.0 Å². The zero-order valence-electron chi connectivity index (χ0n) is 11.5. The topological polar surface area (TPSA) is 98.7 Å². The van der Waals surface area contributed by atoms with Gasteiger partial charge in [0, 0.05) is 18.3 Å². The highest BCUT2D eigenvalue weighted by Crippen LogP contribution is 2.21. The molecule has 110 valence electrons. The number of hydrogen-bond donors (Lipinski definition) is 4. The van der Waals surface area contributed by atoms with E-state index in [-0.39, 0.29) is 17.3 Å². The number of anilines is 1. The van der Waals surface area contributed by atoms with Crippen molar-refractivity contribution in [2.45, 2.75) is 32.6 Å². The first-order valence-electron chi connectivity index (χ1n) is 6.65. The minimum Gasteiger partial charge on any atom is -0.507 e. The lowest BCUT2D eigenvalue weighted by Gasteiger charge is -2.08. The summed E-state index contributed by atoms with van der Waals surface area (Å²) in [5, 5.41) is 23.5. The second kappa shape index (κ2) is 8.04. The van der Waals surface area contributed by atoms with Gasteiger partial charge >= 0.3 is 12.0 Å². The molecule has 1 rings (SSSR count). The van der Waals surface area contributed by atoms with Gasteiger partial charge < -0.3 is 20.8 Å². The van der Waals surface area contributed by atoms with E-state index >= 15 is 0 Å². The summed E-state index contributed by atoms with van der Waals surface area (Å²) in [6.07, 6.45) is 4.28. The minimum absolute atomic E-state index is 0.199. The lowest BCUT2D eigenvalue weighted by molar-refractivity contribution is 0.0694. The van der Waals surface area contributed by atoms with Crippen LogP contribution < -0.4 is 10.6 Å². The van der Waals surface area contributed by atoms with Gasteiger partial charge in [0.25, 0.3) is 0 Å². The Kier molecular flexibility index (Phi) is 6.36. The Bertz CT molecular complexity index is 474. The van der Waals surface area contributed by atoms with Gasteiger partial charge in [0.15, 0.2) is 0 Å². The van der Waals surface area contributed by atoms with Crippen LogP contribution in [0, 0.1) is 0 Å². The van der Waals surface area contributed by atoms with Crippen molar-refractivity contribution in [1.29, 1.82) is 0 Å². The zero-order valence-corrected chi connectivity index (χ0v) is 11.5. The Morgan fingerprint density at radius 1 is 1.20 bits per heavy atom. The number of carboxylic acids is 1. The molecule has 0 aliphatic rings. The fraction of sp³-hybridized carbons (Fsp3) is 0.429. The molecule has 0 heterocycles. The van der Waals surface area contributed by atoms with Crippen molar-refractivity contribution in [2.75, 3.05) is 11.9 Å². The Hall–Kier alpha value is -2.24. The molecule has 0 fully saturated rings. The lowest BCUT2D eigenvalue weighted by Crippen LogP contribution is -2.29. The number of rotatable bonds is 7. The molecule has 0 unspecified atom stereocenters. The van der Waals surface area contributed by atoms with Crippen molar-refractivity contribution in [1.82, 2.24) is 5.32 Å². The molecule has 0 aliphatic carbocycles. The van der Waals surface area contributed by atoms with Crippen molar-refractivity contribution in [2.24, 2.45) is 0 Å². The summed E-state index contributed by atoms with van der Waals surface area (Å²) < 4.78 is 0. The van der Waals surface area contributed by atoms with E-state index in [1.165, 1.54) is 18.2 Å². The van der Waals surface area contributed by atoms with Gasteiger partial charge in [0.1, 0.15) is 11.3 Å². The van der Waals surface area contributed by atoms with Crippen LogP contribution in [0.15, 0.2) is 18.2 Å². The van der Waals surface area contributed by atoms with Crippen LogP contribution in [0.5, 0.6) is 5.75 Å². The third kappa shape index (κ3) is 5.17. The first-order valence-corrected chi connectivity index (χ1v) is 6.65. The molecule has 4 N–H and O–H groups in total. The van der Waals surface area contributed by atoms with Gasteiger partial charge in [-0.1, -0.05) is 26.2 Å². The molecule has 0 bridgehead atoms. The smallest absolute Gasteiger partial charge is 0.339 e. The Balaban J connectivity index is 2.42. The van der Waals surface area contributed by atoms with E-state index in [0.29, 0.717) is 12.2 Å². The van der Waals surface area contributed by atoms with Crippen molar-refractivity contribution >= 4 is 17.7 Å². The second-order valence-electron chi connectivity index (χ2n) is 4.48. The molecule has 6 heteroatoms. The van der Waals surface area contributed by atoms with Gasteiger partial charge in [-0.15, -0.1) is 0 Å². The molecule has 2 amide bonds. The highest BCUT2D eigenvalue weighted by atomic mass is 16.4. The molecule has 0 aliphatic heterocycles. The molecule has 1 aromatic carbocycles. The summed E-state index contributed by atoms with van der Waals surface area (Å²) in [5.74, 6) is -1.59. The number of aromatic carboxylic acids is 1. The summed E-state index contributed by atoms with van der Waals surface area (Å²) in [7, 11) is 0. The number of amides is 2. The van der Waals surface area contributed by atoms with E-state index in [9.17, 15) is 14.7 Å². The number of nitrogens with one attached hydrogen (secondary N) is 2. The average molecular weight is 280 g/mol. The highest BCUT2D eigenvalue weighted by Gasteiger charge is 2.10. The van der Waals surface area contributed by atoms with Crippen molar-refractivity contribution in [3.8, 4) is 5.75 Å². The van der Waals surface area contributed by atoms with Crippen LogP contribution in [0.25, 0.3) is 0 Å². The number of phenols is 1. The van der Waals surface area contributed by atoms with Gasteiger partial charge in [-0.25, -0.2) is 9.59 Å². The monoisotopic (exact) mass is 280 g/mol. The van der Waals surface area contributed by atoms with Crippen LogP contribution in [0.2, 0.25) is 0 Å². The number of carbonyl (C=O) groups excluding carboxylic acids is 1. The first-order chi connectivity index (χ1) is 9.54. The highest BCUT2D eigenvalue weighted by molar-refractivity contribution is 5.93. The van der Waals surface area contributed by atoms with Crippen LogP contribution in [-0.2, 0) is 0 Å². The third-order valence-electron chi connectivity index (χ3n) is 2.80. The number of benzene rings is 1. The van der Waals surface area contributed by atoms with Gasteiger partial charge in [-0.2, -0.15) is 0 Å². The fourth-order valence-electron chi connectivity index (χ4n) is 1.72. The van der Waals surface area contributed by atoms with Crippen molar-refractivity contribution in [3.63, 3.8) is 0 Å². The predicted molar refractivity (Wildman–Crippen MR) is 76.2 cm³/mol. The number of aromatic hydroxyl groups is 1. The van der Waals surface area contributed by atoms with Crippen LogP contribution in [0.4, 0.5) is 10.5 Å². The fourth-order valence-corrected chi connectivity index (χ4v) is 1.72. The predicted octanol–water partition coefficient (Wildman–Crippen LogP) is 2.79. The summed E-state index contributed by atoms with van der Waals surface area (Å²) in [6.45, 7) is 2.71. The molecular formula is C14H20N2O4. The quantitative estimate of drug-likeness (QED) is 0.577. The maximum Gasteiger partial charge on any atom is 0.339 e. The van der Waals surface area contributed by atoms with Gasteiger partial charge in [0.05, 0.1) is 0 Å². The van der Waals surface area contributed by atoms with E-state index in [0.717, 1.165) is 25.7 Å². The van der Waals surface area contributed by atoms with Gasteiger partial charge in [0.2, 0.25) is 0 Å². The van der Waals surface area contributed by atoms with Crippen LogP contribution >= 0.6 is 0 Å². The Morgan fingerprint density at radius 2 is 1.95 bits per heavy atom. The number of unbranched alkanes of at least 4 members (excludes halogenated alkanes) is 3. The summed E-state index contributed by atoms with van der Waals surface area (Å²) in [5.41, 5.74) is 0.147. The average Bonchev–Trinajstić information content (AvgIpc) is 2.38. The largest absolute Gasteiger partial charge is 0.507 e. The third-order valence-corrected chi connectivity index (χ3v) is 2.80. The maximum atomic E-state index is 11.6. The molecule has 0 atom stereocenters. The van der Waals surface area contributed by atoms with E-state index in [1.807, 2.05) is 0 Å². The van der Waals surface area contributed by atoms with Crippen molar-refractivity contribution in [3.05, 3.63) is 23.8 Å². The van der Waals surface area contributed by atoms with Crippen molar-refractivity contribution < 1.29 is 19.8 Å². The molecule has 0 saturated heterocycles. The lowest BCUT2D eigenvalue weighted by atomic mass is 10.2. The molecule has 20 heavy (non-hydrogen) atoms. The van der Waals surface area contributed by atoms with E-state index < -0.39 is 5.97 Å². The van der Waals surface area contributed by atoms with Crippen LogP contribution in [-0.4, -0.2) is 28.8 Å².